The highest BCUT2D eigenvalue weighted by atomic mass is 16.5. The van der Waals surface area contributed by atoms with Crippen LogP contribution in [0.4, 0.5) is 0 Å². The van der Waals surface area contributed by atoms with E-state index in [2.05, 4.69) is 34.3 Å². The second kappa shape index (κ2) is 11.8. The molecule has 0 aromatic rings. The summed E-state index contributed by atoms with van der Waals surface area (Å²) < 4.78 is 5.15. The molecule has 21 heavy (non-hydrogen) atoms. The Morgan fingerprint density at radius 3 is 2.10 bits per heavy atom. The summed E-state index contributed by atoms with van der Waals surface area (Å²) in [5.41, 5.74) is 0.483. The summed E-state index contributed by atoms with van der Waals surface area (Å²) in [6, 6.07) is 0. The number of ether oxygens (including phenoxy) is 1. The molecular formula is C19H36O2. The lowest BCUT2D eigenvalue weighted by molar-refractivity contribution is -0.139. The predicted octanol–water partition coefficient (Wildman–Crippen LogP) is 5.76. The monoisotopic (exact) mass is 296 g/mol. The van der Waals surface area contributed by atoms with Gasteiger partial charge >= 0.3 is 5.97 Å². The van der Waals surface area contributed by atoms with Crippen LogP contribution < -0.4 is 0 Å². The van der Waals surface area contributed by atoms with E-state index >= 15 is 0 Å². The standard InChI is InChI=1S/C19H36O2/c1-7-8-9-10-12-16(4)18(6)17(5)13-11-14-21-19(20)15(2)3/h16-18H,2,7-14H2,1,3-6H3. The van der Waals surface area contributed by atoms with Gasteiger partial charge in [-0.2, -0.15) is 0 Å². The van der Waals surface area contributed by atoms with E-state index in [0.29, 0.717) is 18.1 Å². The molecule has 2 nitrogen and oxygen atoms in total. The van der Waals surface area contributed by atoms with Crippen molar-refractivity contribution in [2.75, 3.05) is 6.61 Å². The normalized spacial score (nSPS) is 15.3. The quantitative estimate of drug-likeness (QED) is 0.260. The molecule has 0 heterocycles. The summed E-state index contributed by atoms with van der Waals surface area (Å²) in [7, 11) is 0. The van der Waals surface area contributed by atoms with Crippen LogP contribution in [-0.2, 0) is 9.53 Å². The Balaban J connectivity index is 3.80. The Hall–Kier alpha value is -0.790. The van der Waals surface area contributed by atoms with Gasteiger partial charge in [0.25, 0.3) is 0 Å². The zero-order chi connectivity index (χ0) is 16.3. The maximum atomic E-state index is 11.3. The van der Waals surface area contributed by atoms with Crippen LogP contribution >= 0.6 is 0 Å². The van der Waals surface area contributed by atoms with E-state index < -0.39 is 0 Å². The summed E-state index contributed by atoms with van der Waals surface area (Å²) in [5.74, 6) is 1.95. The van der Waals surface area contributed by atoms with Crippen molar-refractivity contribution in [2.45, 2.75) is 79.6 Å². The van der Waals surface area contributed by atoms with Gasteiger partial charge in [0.05, 0.1) is 6.61 Å². The zero-order valence-corrected chi connectivity index (χ0v) is 14.9. The number of hydrogen-bond acceptors (Lipinski definition) is 2. The van der Waals surface area contributed by atoms with Gasteiger partial charge in [0.2, 0.25) is 0 Å². The number of rotatable bonds is 12. The fraction of sp³-hybridized carbons (Fsp3) is 0.842. The second-order valence-electron chi connectivity index (χ2n) is 6.72. The molecule has 2 heteroatoms. The van der Waals surface area contributed by atoms with Gasteiger partial charge in [0, 0.05) is 5.57 Å². The van der Waals surface area contributed by atoms with Crippen LogP contribution in [0, 0.1) is 17.8 Å². The van der Waals surface area contributed by atoms with Crippen LogP contribution in [0.5, 0.6) is 0 Å². The molecule has 0 fully saturated rings. The Labute approximate surface area is 132 Å². The molecule has 0 amide bonds. The van der Waals surface area contributed by atoms with Crippen molar-refractivity contribution in [3.05, 3.63) is 12.2 Å². The van der Waals surface area contributed by atoms with E-state index in [1.807, 2.05) is 0 Å². The van der Waals surface area contributed by atoms with E-state index in [1.54, 1.807) is 6.92 Å². The number of unbranched alkanes of at least 4 members (excludes halogenated alkanes) is 3. The summed E-state index contributed by atoms with van der Waals surface area (Å²) in [6.07, 6.45) is 8.84. The van der Waals surface area contributed by atoms with Crippen molar-refractivity contribution in [1.82, 2.24) is 0 Å². The number of hydrogen-bond donors (Lipinski definition) is 0. The highest BCUT2D eigenvalue weighted by Gasteiger charge is 2.18. The number of carbonyl (C=O) groups is 1. The molecule has 0 aromatic heterocycles. The lowest BCUT2D eigenvalue weighted by Crippen LogP contribution is -2.17. The summed E-state index contributed by atoms with van der Waals surface area (Å²) in [4.78, 5) is 11.3. The lowest BCUT2D eigenvalue weighted by atomic mass is 9.80. The van der Waals surface area contributed by atoms with E-state index in [1.165, 1.54) is 32.1 Å². The molecule has 0 spiro atoms. The van der Waals surface area contributed by atoms with Crippen molar-refractivity contribution in [3.8, 4) is 0 Å². The van der Waals surface area contributed by atoms with Gasteiger partial charge in [0.15, 0.2) is 0 Å². The summed E-state index contributed by atoms with van der Waals surface area (Å²) in [6.45, 7) is 15.1. The molecule has 0 saturated carbocycles. The molecule has 0 aliphatic heterocycles. The summed E-state index contributed by atoms with van der Waals surface area (Å²) in [5, 5.41) is 0. The highest BCUT2D eigenvalue weighted by Crippen LogP contribution is 2.28. The largest absolute Gasteiger partial charge is 0.462 e. The molecule has 0 rings (SSSR count). The molecule has 3 atom stereocenters. The van der Waals surface area contributed by atoms with E-state index in [0.717, 1.165) is 24.7 Å². The van der Waals surface area contributed by atoms with Gasteiger partial charge in [-0.05, 0) is 37.5 Å². The number of esters is 1. The first-order valence-corrected chi connectivity index (χ1v) is 8.72. The molecular weight excluding hydrogens is 260 g/mol. The average Bonchev–Trinajstić information content (AvgIpc) is 2.46. The van der Waals surface area contributed by atoms with Gasteiger partial charge in [-0.25, -0.2) is 4.79 Å². The van der Waals surface area contributed by atoms with Crippen LogP contribution in [-0.4, -0.2) is 12.6 Å². The van der Waals surface area contributed by atoms with Crippen LogP contribution in [0.1, 0.15) is 79.6 Å². The van der Waals surface area contributed by atoms with Crippen LogP contribution in [0.15, 0.2) is 12.2 Å². The highest BCUT2D eigenvalue weighted by molar-refractivity contribution is 5.86. The molecule has 3 unspecified atom stereocenters. The van der Waals surface area contributed by atoms with Crippen molar-refractivity contribution < 1.29 is 9.53 Å². The molecule has 0 saturated heterocycles. The molecule has 0 N–H and O–H groups in total. The maximum absolute atomic E-state index is 11.3. The minimum atomic E-state index is -0.264. The van der Waals surface area contributed by atoms with Gasteiger partial charge in [0.1, 0.15) is 0 Å². The third-order valence-electron chi connectivity index (χ3n) is 4.69. The van der Waals surface area contributed by atoms with Crippen LogP contribution in [0.25, 0.3) is 0 Å². The van der Waals surface area contributed by atoms with Crippen molar-refractivity contribution in [1.29, 1.82) is 0 Å². The Kier molecular flexibility index (Phi) is 11.4. The fourth-order valence-corrected chi connectivity index (χ4v) is 2.67. The zero-order valence-electron chi connectivity index (χ0n) is 14.9. The van der Waals surface area contributed by atoms with E-state index in [9.17, 15) is 4.79 Å². The van der Waals surface area contributed by atoms with Crippen molar-refractivity contribution >= 4 is 5.97 Å². The van der Waals surface area contributed by atoms with Gasteiger partial charge in [-0.3, -0.25) is 0 Å². The molecule has 0 aromatic carbocycles. The maximum Gasteiger partial charge on any atom is 0.333 e. The smallest absolute Gasteiger partial charge is 0.333 e. The van der Waals surface area contributed by atoms with Gasteiger partial charge in [-0.1, -0.05) is 66.4 Å². The Morgan fingerprint density at radius 2 is 1.57 bits per heavy atom. The summed E-state index contributed by atoms with van der Waals surface area (Å²) >= 11 is 0. The second-order valence-corrected chi connectivity index (χ2v) is 6.72. The van der Waals surface area contributed by atoms with Crippen molar-refractivity contribution in [3.63, 3.8) is 0 Å². The first kappa shape index (κ1) is 20.2. The Bertz CT molecular complexity index is 296. The first-order valence-electron chi connectivity index (χ1n) is 8.72. The van der Waals surface area contributed by atoms with Gasteiger partial charge < -0.3 is 4.74 Å². The molecule has 0 radical (unpaired) electrons. The molecule has 0 aliphatic carbocycles. The predicted molar refractivity (Wildman–Crippen MR) is 91.3 cm³/mol. The SMILES string of the molecule is C=C(C)C(=O)OCCCC(C)C(C)C(C)CCCCCC. The topological polar surface area (TPSA) is 26.3 Å². The third kappa shape index (κ3) is 9.71. The first-order chi connectivity index (χ1) is 9.90. The van der Waals surface area contributed by atoms with E-state index in [-0.39, 0.29) is 5.97 Å². The molecule has 0 aliphatic rings. The number of carbonyl (C=O) groups excluding carboxylic acids is 1. The van der Waals surface area contributed by atoms with Crippen LogP contribution in [0.2, 0.25) is 0 Å². The lowest BCUT2D eigenvalue weighted by Gasteiger charge is -2.26. The van der Waals surface area contributed by atoms with Gasteiger partial charge in [-0.15, -0.1) is 0 Å². The van der Waals surface area contributed by atoms with E-state index in [4.69, 9.17) is 4.74 Å². The average molecular weight is 296 g/mol. The van der Waals surface area contributed by atoms with Crippen LogP contribution in [0.3, 0.4) is 0 Å². The Morgan fingerprint density at radius 1 is 1.00 bits per heavy atom. The fourth-order valence-electron chi connectivity index (χ4n) is 2.67. The minimum Gasteiger partial charge on any atom is -0.462 e. The molecule has 0 bridgehead atoms. The molecule has 124 valence electrons. The van der Waals surface area contributed by atoms with Crippen molar-refractivity contribution in [2.24, 2.45) is 17.8 Å². The minimum absolute atomic E-state index is 0.264. The third-order valence-corrected chi connectivity index (χ3v) is 4.69.